The standard InChI is InChI=1S/C14H13ClO/c15-13(8-9-14(16)12-6-7-12)10-11-4-2-1-3-5-11/h1-5,8-10,12H,6-7H2/b9-8+,13-10-. The Bertz CT molecular complexity index is 427. The normalized spacial score (nSPS) is 16.7. The number of hydrogen-bond donors (Lipinski definition) is 0. The highest BCUT2D eigenvalue weighted by molar-refractivity contribution is 6.33. The van der Waals surface area contributed by atoms with Gasteiger partial charge in [0, 0.05) is 11.0 Å². The van der Waals surface area contributed by atoms with Crippen LogP contribution in [0, 0.1) is 5.92 Å². The predicted octanol–water partition coefficient (Wildman–Crippen LogP) is 3.80. The third-order valence-corrected chi connectivity index (χ3v) is 2.73. The molecule has 1 fully saturated rings. The van der Waals surface area contributed by atoms with Gasteiger partial charge >= 0.3 is 0 Å². The first-order valence-electron chi connectivity index (χ1n) is 5.40. The molecular formula is C14H13ClO. The molecule has 82 valence electrons. The monoisotopic (exact) mass is 232 g/mol. The van der Waals surface area contributed by atoms with Gasteiger partial charge in [0.1, 0.15) is 0 Å². The lowest BCUT2D eigenvalue weighted by Gasteiger charge is -1.93. The molecule has 0 aromatic heterocycles. The van der Waals surface area contributed by atoms with Crippen molar-refractivity contribution >= 4 is 23.5 Å². The molecule has 0 aliphatic heterocycles. The Hall–Kier alpha value is -1.34. The second kappa shape index (κ2) is 5.13. The quantitative estimate of drug-likeness (QED) is 0.570. The van der Waals surface area contributed by atoms with Crippen LogP contribution in [-0.2, 0) is 4.79 Å². The molecule has 2 rings (SSSR count). The number of carbonyl (C=O) groups excluding carboxylic acids is 1. The van der Waals surface area contributed by atoms with E-state index < -0.39 is 0 Å². The molecule has 2 heteroatoms. The first-order chi connectivity index (χ1) is 7.75. The van der Waals surface area contributed by atoms with Gasteiger partial charge in [0.25, 0.3) is 0 Å². The first-order valence-corrected chi connectivity index (χ1v) is 5.77. The third kappa shape index (κ3) is 3.35. The molecule has 1 nitrogen and oxygen atoms in total. The summed E-state index contributed by atoms with van der Waals surface area (Å²) in [5.41, 5.74) is 1.04. The van der Waals surface area contributed by atoms with Gasteiger partial charge in [0.05, 0.1) is 0 Å². The van der Waals surface area contributed by atoms with E-state index >= 15 is 0 Å². The predicted molar refractivity (Wildman–Crippen MR) is 67.1 cm³/mol. The summed E-state index contributed by atoms with van der Waals surface area (Å²) < 4.78 is 0. The molecule has 1 aliphatic carbocycles. The summed E-state index contributed by atoms with van der Waals surface area (Å²) in [6, 6.07) is 9.81. The average molecular weight is 233 g/mol. The Morgan fingerprint density at radius 2 is 1.88 bits per heavy atom. The molecule has 0 N–H and O–H groups in total. The lowest BCUT2D eigenvalue weighted by atomic mass is 10.2. The summed E-state index contributed by atoms with van der Waals surface area (Å²) in [4.78, 5) is 11.4. The highest BCUT2D eigenvalue weighted by Gasteiger charge is 2.27. The highest BCUT2D eigenvalue weighted by Crippen LogP contribution is 2.30. The molecule has 0 bridgehead atoms. The van der Waals surface area contributed by atoms with E-state index in [2.05, 4.69) is 0 Å². The van der Waals surface area contributed by atoms with E-state index in [-0.39, 0.29) is 11.7 Å². The van der Waals surface area contributed by atoms with Crippen LogP contribution in [0.4, 0.5) is 0 Å². The Kier molecular flexibility index (Phi) is 3.58. The topological polar surface area (TPSA) is 17.1 Å². The molecule has 1 saturated carbocycles. The highest BCUT2D eigenvalue weighted by atomic mass is 35.5. The van der Waals surface area contributed by atoms with E-state index in [0.717, 1.165) is 18.4 Å². The number of carbonyl (C=O) groups is 1. The van der Waals surface area contributed by atoms with Gasteiger partial charge < -0.3 is 0 Å². The van der Waals surface area contributed by atoms with Crippen LogP contribution in [-0.4, -0.2) is 5.78 Å². The van der Waals surface area contributed by atoms with Gasteiger partial charge in [-0.05, 0) is 36.6 Å². The fraction of sp³-hybridized carbons (Fsp3) is 0.214. The molecule has 0 saturated heterocycles. The Morgan fingerprint density at radius 1 is 1.19 bits per heavy atom. The lowest BCUT2D eigenvalue weighted by molar-refractivity contribution is -0.115. The Morgan fingerprint density at radius 3 is 2.50 bits per heavy atom. The largest absolute Gasteiger partial charge is 0.295 e. The zero-order valence-corrected chi connectivity index (χ0v) is 9.65. The summed E-state index contributed by atoms with van der Waals surface area (Å²) in [7, 11) is 0. The Labute approximate surface area is 100 Å². The first kappa shape index (κ1) is 11.2. The molecule has 0 unspecified atom stereocenters. The number of allylic oxidation sites excluding steroid dienone is 3. The van der Waals surface area contributed by atoms with Crippen LogP contribution < -0.4 is 0 Å². The molecule has 0 amide bonds. The summed E-state index contributed by atoms with van der Waals surface area (Å²) in [5, 5.41) is 0.584. The Balaban J connectivity index is 1.99. The van der Waals surface area contributed by atoms with Gasteiger partial charge in [0.15, 0.2) is 5.78 Å². The molecular weight excluding hydrogens is 220 g/mol. The van der Waals surface area contributed by atoms with Crippen LogP contribution in [0.3, 0.4) is 0 Å². The minimum atomic E-state index is 0.194. The number of benzene rings is 1. The minimum Gasteiger partial charge on any atom is -0.295 e. The van der Waals surface area contributed by atoms with E-state index in [4.69, 9.17) is 11.6 Å². The minimum absolute atomic E-state index is 0.194. The molecule has 0 spiro atoms. The SMILES string of the molecule is O=C(/C=C/C(Cl)=C/c1ccccc1)C1CC1. The van der Waals surface area contributed by atoms with Crippen molar-refractivity contribution in [1.29, 1.82) is 0 Å². The van der Waals surface area contributed by atoms with Crippen LogP contribution in [0.15, 0.2) is 47.5 Å². The van der Waals surface area contributed by atoms with Crippen molar-refractivity contribution in [2.75, 3.05) is 0 Å². The molecule has 0 atom stereocenters. The van der Waals surface area contributed by atoms with Gasteiger partial charge in [-0.15, -0.1) is 0 Å². The number of halogens is 1. The van der Waals surface area contributed by atoms with Gasteiger partial charge in [-0.2, -0.15) is 0 Å². The molecule has 1 aliphatic rings. The second-order valence-electron chi connectivity index (χ2n) is 3.95. The van der Waals surface area contributed by atoms with Crippen molar-refractivity contribution in [3.63, 3.8) is 0 Å². The molecule has 1 aromatic carbocycles. The summed E-state index contributed by atoms with van der Waals surface area (Å²) in [6.45, 7) is 0. The van der Waals surface area contributed by atoms with E-state index in [1.54, 1.807) is 12.2 Å². The van der Waals surface area contributed by atoms with Gasteiger partial charge in [0.2, 0.25) is 0 Å². The van der Waals surface area contributed by atoms with Crippen molar-refractivity contribution in [2.45, 2.75) is 12.8 Å². The number of hydrogen-bond acceptors (Lipinski definition) is 1. The van der Waals surface area contributed by atoms with Crippen molar-refractivity contribution in [1.82, 2.24) is 0 Å². The van der Waals surface area contributed by atoms with Crippen molar-refractivity contribution in [3.8, 4) is 0 Å². The van der Waals surface area contributed by atoms with Crippen molar-refractivity contribution in [3.05, 3.63) is 53.1 Å². The molecule has 16 heavy (non-hydrogen) atoms. The maximum Gasteiger partial charge on any atom is 0.158 e. The summed E-state index contributed by atoms with van der Waals surface area (Å²) in [5.74, 6) is 0.456. The summed E-state index contributed by atoms with van der Waals surface area (Å²) in [6.07, 6.45) is 7.17. The fourth-order valence-corrected chi connectivity index (χ4v) is 1.61. The molecule has 1 aromatic rings. The number of ketones is 1. The zero-order valence-electron chi connectivity index (χ0n) is 8.90. The van der Waals surface area contributed by atoms with Gasteiger partial charge in [-0.3, -0.25) is 4.79 Å². The maximum absolute atomic E-state index is 11.4. The second-order valence-corrected chi connectivity index (χ2v) is 4.39. The summed E-state index contributed by atoms with van der Waals surface area (Å²) >= 11 is 6.01. The van der Waals surface area contributed by atoms with E-state index in [9.17, 15) is 4.79 Å². The molecule has 0 radical (unpaired) electrons. The van der Waals surface area contributed by atoms with Crippen LogP contribution in [0.25, 0.3) is 6.08 Å². The van der Waals surface area contributed by atoms with Crippen LogP contribution in [0.1, 0.15) is 18.4 Å². The van der Waals surface area contributed by atoms with E-state index in [0.29, 0.717) is 5.03 Å². The smallest absolute Gasteiger partial charge is 0.158 e. The van der Waals surface area contributed by atoms with Crippen LogP contribution in [0.5, 0.6) is 0 Å². The lowest BCUT2D eigenvalue weighted by Crippen LogP contribution is -1.93. The van der Waals surface area contributed by atoms with Crippen LogP contribution >= 0.6 is 11.6 Å². The van der Waals surface area contributed by atoms with Crippen molar-refractivity contribution < 1.29 is 4.79 Å². The van der Waals surface area contributed by atoms with Gasteiger partial charge in [-0.25, -0.2) is 0 Å². The maximum atomic E-state index is 11.4. The van der Waals surface area contributed by atoms with Crippen LogP contribution in [0.2, 0.25) is 0 Å². The fourth-order valence-electron chi connectivity index (χ4n) is 1.42. The van der Waals surface area contributed by atoms with Crippen molar-refractivity contribution in [2.24, 2.45) is 5.92 Å². The number of rotatable bonds is 4. The average Bonchev–Trinajstić information content (AvgIpc) is 3.11. The van der Waals surface area contributed by atoms with E-state index in [1.165, 1.54) is 0 Å². The van der Waals surface area contributed by atoms with E-state index in [1.807, 2.05) is 36.4 Å². The molecule has 0 heterocycles. The van der Waals surface area contributed by atoms with Gasteiger partial charge in [-0.1, -0.05) is 41.9 Å². The zero-order chi connectivity index (χ0) is 11.4. The third-order valence-electron chi connectivity index (χ3n) is 2.49.